The molecule has 12 heteroatoms. The number of carbonyl (C=O) groups excluding carboxylic acids is 1. The van der Waals surface area contributed by atoms with E-state index in [1.807, 2.05) is 4.72 Å². The number of amides is 1. The molecular formula is C14H15F3N2O6S. The Bertz CT molecular complexity index is 775. The Hall–Kier alpha value is -2.34. The van der Waals surface area contributed by atoms with Gasteiger partial charge >= 0.3 is 12.3 Å². The summed E-state index contributed by atoms with van der Waals surface area (Å²) in [5, 5.41) is 11.2. The van der Waals surface area contributed by atoms with Crippen LogP contribution in [0.25, 0.3) is 0 Å². The van der Waals surface area contributed by atoms with Gasteiger partial charge in [0.05, 0.1) is 11.4 Å². The van der Waals surface area contributed by atoms with Crippen LogP contribution in [0.15, 0.2) is 29.2 Å². The standard InChI is InChI=1S/C14H15F3N2O6S/c15-14(16,17)25-9-3-5-10(6-4-9)26(23,24)18-7-11(20)19-12(13(21)22)8-1-2-8/h3-6,8,12,18H,1-2,7H2,(H,19,20)(H,21,22). The highest BCUT2D eigenvalue weighted by Gasteiger charge is 2.37. The largest absolute Gasteiger partial charge is 0.573 e. The molecule has 0 radical (unpaired) electrons. The lowest BCUT2D eigenvalue weighted by Gasteiger charge is -2.14. The third-order valence-corrected chi connectivity index (χ3v) is 4.88. The van der Waals surface area contributed by atoms with Crippen molar-refractivity contribution >= 4 is 21.9 Å². The van der Waals surface area contributed by atoms with Crippen molar-refractivity contribution in [3.8, 4) is 5.75 Å². The lowest BCUT2D eigenvalue weighted by atomic mass is 10.2. The van der Waals surface area contributed by atoms with Crippen LogP contribution in [0.1, 0.15) is 12.8 Å². The van der Waals surface area contributed by atoms with E-state index in [-0.39, 0.29) is 10.8 Å². The quantitative estimate of drug-likeness (QED) is 0.599. The summed E-state index contributed by atoms with van der Waals surface area (Å²) < 4.78 is 65.8. The molecule has 8 nitrogen and oxygen atoms in total. The van der Waals surface area contributed by atoms with E-state index in [9.17, 15) is 31.2 Å². The van der Waals surface area contributed by atoms with Crippen molar-refractivity contribution in [3.63, 3.8) is 0 Å². The summed E-state index contributed by atoms with van der Waals surface area (Å²) in [7, 11) is -4.17. The Morgan fingerprint density at radius 3 is 2.27 bits per heavy atom. The monoisotopic (exact) mass is 396 g/mol. The van der Waals surface area contributed by atoms with Crippen molar-refractivity contribution in [1.82, 2.24) is 10.0 Å². The van der Waals surface area contributed by atoms with Gasteiger partial charge in [0.25, 0.3) is 0 Å². The fraction of sp³-hybridized carbons (Fsp3) is 0.429. The molecule has 1 fully saturated rings. The molecule has 0 aliphatic heterocycles. The fourth-order valence-corrected chi connectivity index (χ4v) is 3.08. The average molecular weight is 396 g/mol. The number of carboxylic acids is 1. The van der Waals surface area contributed by atoms with Gasteiger partial charge in [-0.25, -0.2) is 17.9 Å². The molecule has 1 unspecified atom stereocenters. The zero-order chi connectivity index (χ0) is 19.5. The van der Waals surface area contributed by atoms with Crippen LogP contribution < -0.4 is 14.8 Å². The molecule has 1 atom stereocenters. The lowest BCUT2D eigenvalue weighted by molar-refractivity contribution is -0.274. The molecule has 0 bridgehead atoms. The molecule has 1 aliphatic rings. The van der Waals surface area contributed by atoms with Gasteiger partial charge in [-0.3, -0.25) is 4.79 Å². The maximum atomic E-state index is 12.1. The summed E-state index contributed by atoms with van der Waals surface area (Å²) in [6.07, 6.45) is -3.58. The van der Waals surface area contributed by atoms with E-state index in [0.29, 0.717) is 12.8 Å². The van der Waals surface area contributed by atoms with Gasteiger partial charge in [-0.2, -0.15) is 0 Å². The molecule has 144 valence electrons. The molecule has 26 heavy (non-hydrogen) atoms. The van der Waals surface area contributed by atoms with Crippen molar-refractivity contribution in [2.45, 2.75) is 30.1 Å². The van der Waals surface area contributed by atoms with Gasteiger partial charge in [0.2, 0.25) is 15.9 Å². The second-order valence-electron chi connectivity index (χ2n) is 5.56. The van der Waals surface area contributed by atoms with E-state index < -0.39 is 46.6 Å². The summed E-state index contributed by atoms with van der Waals surface area (Å²) in [6.45, 7) is -0.709. The first-order valence-corrected chi connectivity index (χ1v) is 8.84. The first-order chi connectivity index (χ1) is 12.0. The molecule has 0 spiro atoms. The number of carbonyl (C=O) groups is 2. The molecule has 0 aromatic heterocycles. The minimum absolute atomic E-state index is 0.172. The highest BCUT2D eigenvalue weighted by Crippen LogP contribution is 2.32. The van der Waals surface area contributed by atoms with Crippen LogP contribution in [0.2, 0.25) is 0 Å². The van der Waals surface area contributed by atoms with Crippen molar-refractivity contribution in [2.24, 2.45) is 5.92 Å². The van der Waals surface area contributed by atoms with Gasteiger partial charge in [-0.05, 0) is 43.0 Å². The zero-order valence-corrected chi connectivity index (χ0v) is 13.9. The normalized spacial score (nSPS) is 16.0. The predicted molar refractivity (Wildman–Crippen MR) is 80.6 cm³/mol. The molecule has 0 saturated heterocycles. The molecule has 1 amide bonds. The number of carboxylic acid groups (broad SMARTS) is 1. The molecule has 1 aromatic rings. The second kappa shape index (κ2) is 7.50. The summed E-state index contributed by atoms with van der Waals surface area (Å²) in [5.74, 6) is -2.80. The third-order valence-electron chi connectivity index (χ3n) is 3.47. The number of nitrogens with one attached hydrogen (secondary N) is 2. The number of alkyl halides is 3. The van der Waals surface area contributed by atoms with Crippen LogP contribution in [0.4, 0.5) is 13.2 Å². The van der Waals surface area contributed by atoms with Crippen LogP contribution in [0.3, 0.4) is 0 Å². The number of rotatable bonds is 8. The van der Waals surface area contributed by atoms with Gasteiger partial charge in [0.15, 0.2) is 0 Å². The van der Waals surface area contributed by atoms with E-state index in [1.165, 1.54) is 0 Å². The van der Waals surface area contributed by atoms with Gasteiger partial charge in [0, 0.05) is 0 Å². The van der Waals surface area contributed by atoms with Gasteiger partial charge < -0.3 is 15.2 Å². The van der Waals surface area contributed by atoms with Crippen LogP contribution in [-0.2, 0) is 19.6 Å². The highest BCUT2D eigenvalue weighted by molar-refractivity contribution is 7.89. The highest BCUT2D eigenvalue weighted by atomic mass is 32.2. The second-order valence-corrected chi connectivity index (χ2v) is 7.33. The maximum Gasteiger partial charge on any atom is 0.573 e. The Balaban J connectivity index is 1.93. The van der Waals surface area contributed by atoms with E-state index in [4.69, 9.17) is 5.11 Å². The number of aliphatic carboxylic acids is 1. The minimum atomic E-state index is -4.90. The molecule has 1 saturated carbocycles. The number of halogens is 3. The summed E-state index contributed by atoms with van der Waals surface area (Å²) in [6, 6.07) is 2.31. The summed E-state index contributed by atoms with van der Waals surface area (Å²) >= 11 is 0. The molecular weight excluding hydrogens is 381 g/mol. The number of hydrogen-bond acceptors (Lipinski definition) is 5. The number of sulfonamides is 1. The maximum absolute atomic E-state index is 12.1. The first kappa shape index (κ1) is 20.0. The lowest BCUT2D eigenvalue weighted by Crippen LogP contribution is -2.46. The Labute approximate surface area is 146 Å². The molecule has 3 N–H and O–H groups in total. The van der Waals surface area contributed by atoms with E-state index >= 15 is 0 Å². The minimum Gasteiger partial charge on any atom is -0.480 e. The van der Waals surface area contributed by atoms with Crippen LogP contribution in [0.5, 0.6) is 5.75 Å². The molecule has 2 rings (SSSR count). The van der Waals surface area contributed by atoms with Gasteiger partial charge in [-0.1, -0.05) is 0 Å². The predicted octanol–water partition coefficient (Wildman–Crippen LogP) is 0.843. The average Bonchev–Trinajstić information content (AvgIpc) is 3.34. The number of hydrogen-bond donors (Lipinski definition) is 3. The van der Waals surface area contributed by atoms with Gasteiger partial charge in [0.1, 0.15) is 11.8 Å². The van der Waals surface area contributed by atoms with Crippen LogP contribution >= 0.6 is 0 Å². The smallest absolute Gasteiger partial charge is 0.480 e. The fourth-order valence-electron chi connectivity index (χ4n) is 2.10. The van der Waals surface area contributed by atoms with Crippen molar-refractivity contribution in [3.05, 3.63) is 24.3 Å². The first-order valence-electron chi connectivity index (χ1n) is 7.35. The number of benzene rings is 1. The third kappa shape index (κ3) is 5.88. The topological polar surface area (TPSA) is 122 Å². The Morgan fingerprint density at radius 2 is 1.81 bits per heavy atom. The SMILES string of the molecule is O=C(CNS(=O)(=O)c1ccc(OC(F)(F)F)cc1)NC(C(=O)O)C1CC1. The summed E-state index contributed by atoms with van der Waals surface area (Å²) in [5.41, 5.74) is 0. The van der Waals surface area contributed by atoms with Crippen LogP contribution in [0, 0.1) is 5.92 Å². The molecule has 1 aliphatic carbocycles. The van der Waals surface area contributed by atoms with E-state index in [0.717, 1.165) is 24.3 Å². The molecule has 0 heterocycles. The Morgan fingerprint density at radius 1 is 1.23 bits per heavy atom. The van der Waals surface area contributed by atoms with Crippen molar-refractivity contribution in [1.29, 1.82) is 0 Å². The van der Waals surface area contributed by atoms with Crippen molar-refractivity contribution in [2.75, 3.05) is 6.54 Å². The van der Waals surface area contributed by atoms with Gasteiger partial charge in [-0.15, -0.1) is 13.2 Å². The molecule has 1 aromatic carbocycles. The van der Waals surface area contributed by atoms with E-state index in [2.05, 4.69) is 10.1 Å². The zero-order valence-electron chi connectivity index (χ0n) is 13.1. The van der Waals surface area contributed by atoms with Crippen molar-refractivity contribution < 1.29 is 41.0 Å². The van der Waals surface area contributed by atoms with Crippen LogP contribution in [-0.4, -0.2) is 44.3 Å². The summed E-state index contributed by atoms with van der Waals surface area (Å²) in [4.78, 5) is 22.4. The van der Waals surface area contributed by atoms with E-state index in [1.54, 1.807) is 0 Å². The number of ether oxygens (including phenoxy) is 1. The Kier molecular flexibility index (Phi) is 5.76.